The molecule has 38 heavy (non-hydrogen) atoms. The van der Waals surface area contributed by atoms with E-state index in [1.807, 2.05) is 10.3 Å². The Bertz CT molecular complexity index is 1190. The molecule has 9 N–H and O–H groups in total. The van der Waals surface area contributed by atoms with Gasteiger partial charge in [-0.3, -0.25) is 28.2 Å². The summed E-state index contributed by atoms with van der Waals surface area (Å²) in [7, 11) is -11.1. The van der Waals surface area contributed by atoms with Crippen LogP contribution in [0.25, 0.3) is 0 Å². The molecular weight excluding hydrogens is 568 g/mol. The summed E-state index contributed by atoms with van der Waals surface area (Å²) in [6.07, 6.45) is -13.0. The minimum Gasteiger partial charge on any atom is -0.394 e. The monoisotopic (exact) mass is 593 g/mol. The van der Waals surface area contributed by atoms with Crippen molar-refractivity contribution in [3.05, 3.63) is 33.1 Å². The lowest BCUT2D eigenvalue weighted by Gasteiger charge is -2.41. The number of H-pyrrole nitrogens is 1. The minimum atomic E-state index is -5.61. The third kappa shape index (κ3) is 7.00. The Balaban J connectivity index is 1.64. The first kappa shape index (κ1) is 30.7. The van der Waals surface area contributed by atoms with Crippen LogP contribution in [0.3, 0.4) is 0 Å². The Morgan fingerprint density at radius 1 is 1.03 bits per heavy atom. The van der Waals surface area contributed by atoms with Crippen LogP contribution in [0.2, 0.25) is 0 Å². The van der Waals surface area contributed by atoms with Crippen LogP contribution >= 0.6 is 15.6 Å². The van der Waals surface area contributed by atoms with Crippen molar-refractivity contribution in [1.82, 2.24) is 14.9 Å². The first-order chi connectivity index (χ1) is 17.7. The van der Waals surface area contributed by atoms with Gasteiger partial charge in [0.15, 0.2) is 12.5 Å². The number of hydrogen-bond donors (Lipinski definition) is 9. The van der Waals surface area contributed by atoms with Gasteiger partial charge in [-0.05, 0) is 0 Å². The fourth-order valence-electron chi connectivity index (χ4n) is 3.62. The highest BCUT2D eigenvalue weighted by atomic mass is 31.3. The van der Waals surface area contributed by atoms with Crippen molar-refractivity contribution >= 4 is 22.1 Å². The number of carbonyl (C=O) groups is 1. The smallest absolute Gasteiger partial charge is 0.394 e. The molecule has 0 aromatic carbocycles. The average molecular weight is 593 g/mol. The van der Waals surface area contributed by atoms with Crippen molar-refractivity contribution in [2.75, 3.05) is 13.2 Å². The predicted octanol–water partition coefficient (Wildman–Crippen LogP) is -5.04. The molecule has 2 aliphatic rings. The highest BCUT2D eigenvalue weighted by Gasteiger charge is 2.50. The quantitative estimate of drug-likeness (QED) is 0.0856. The van der Waals surface area contributed by atoms with E-state index in [2.05, 4.69) is 13.4 Å². The molecule has 3 rings (SSSR count). The molecule has 1 aromatic rings. The van der Waals surface area contributed by atoms with Crippen LogP contribution in [0.1, 0.15) is 6.23 Å². The molecule has 22 heteroatoms. The van der Waals surface area contributed by atoms with E-state index < -0.39 is 95.3 Å². The number of nitrogens with one attached hydrogen (secondary N) is 2. The minimum absolute atomic E-state index is 0.0264. The van der Waals surface area contributed by atoms with Crippen LogP contribution < -0.4 is 16.6 Å². The van der Waals surface area contributed by atoms with Crippen LogP contribution in [0.5, 0.6) is 0 Å². The second kappa shape index (κ2) is 12.1. The first-order valence-corrected chi connectivity index (χ1v) is 13.5. The highest BCUT2D eigenvalue weighted by molar-refractivity contribution is 7.61. The molecule has 0 saturated carbocycles. The molecule has 3 heterocycles. The lowest BCUT2D eigenvalue weighted by atomic mass is 9.97. The van der Waals surface area contributed by atoms with E-state index in [0.29, 0.717) is 0 Å². The summed E-state index contributed by atoms with van der Waals surface area (Å²) in [5, 5.41) is 51.5. The Morgan fingerprint density at radius 2 is 1.68 bits per heavy atom. The molecule has 2 unspecified atom stereocenters. The summed E-state index contributed by atoms with van der Waals surface area (Å²) < 4.78 is 48.9. The van der Waals surface area contributed by atoms with Gasteiger partial charge in [-0.25, -0.2) is 13.9 Å². The van der Waals surface area contributed by atoms with Crippen molar-refractivity contribution < 1.29 is 72.1 Å². The molecule has 2 aliphatic heterocycles. The van der Waals surface area contributed by atoms with Crippen molar-refractivity contribution in [3.8, 4) is 0 Å². The molecule has 0 aliphatic carbocycles. The maximum Gasteiger partial charge on any atom is 0.483 e. The molecule has 0 spiro atoms. The summed E-state index contributed by atoms with van der Waals surface area (Å²) in [5.41, 5.74) is -1.75. The zero-order valence-electron chi connectivity index (χ0n) is 18.9. The summed E-state index contributed by atoms with van der Waals surface area (Å²) in [6.45, 7) is -1.93. The number of rotatable bonds is 11. The second-order valence-corrected chi connectivity index (χ2v) is 11.0. The fourth-order valence-corrected chi connectivity index (χ4v) is 5.79. The number of aromatic amines is 1. The van der Waals surface area contributed by atoms with E-state index in [0.717, 1.165) is 16.8 Å². The van der Waals surface area contributed by atoms with E-state index in [1.54, 1.807) is 0 Å². The Labute approximate surface area is 211 Å². The SMILES string of the molecule is O=CN[C@H]1[C@@H](OP(=O)(O)OP(=O)(O)OC[C@H]2O[C@@H](n3ccc(=O)[nH]c3=O)[C@H](O)[C@@H]2O)O[C@H](CO)[C@@H](O)[C@@H]1O. The van der Waals surface area contributed by atoms with Crippen LogP contribution in [0.4, 0.5) is 0 Å². The van der Waals surface area contributed by atoms with Gasteiger partial charge in [0.25, 0.3) is 5.56 Å². The lowest BCUT2D eigenvalue weighted by Crippen LogP contribution is -2.63. The molecular formula is C16H25N3O17P2. The van der Waals surface area contributed by atoms with Gasteiger partial charge in [-0.2, -0.15) is 4.31 Å². The van der Waals surface area contributed by atoms with Gasteiger partial charge in [0.1, 0.15) is 42.7 Å². The molecule has 216 valence electrons. The number of nitrogens with zero attached hydrogens (tertiary/aromatic N) is 1. The molecule has 0 radical (unpaired) electrons. The molecule has 2 saturated heterocycles. The Morgan fingerprint density at radius 3 is 2.29 bits per heavy atom. The van der Waals surface area contributed by atoms with E-state index in [-0.39, 0.29) is 6.41 Å². The largest absolute Gasteiger partial charge is 0.483 e. The van der Waals surface area contributed by atoms with Gasteiger partial charge in [0, 0.05) is 12.3 Å². The summed E-state index contributed by atoms with van der Waals surface area (Å²) in [5.74, 6) is 0. The maximum absolute atomic E-state index is 12.4. The van der Waals surface area contributed by atoms with Crippen LogP contribution in [0, 0.1) is 0 Å². The van der Waals surface area contributed by atoms with Crippen molar-refractivity contribution in [2.45, 2.75) is 55.2 Å². The van der Waals surface area contributed by atoms with Crippen molar-refractivity contribution in [1.29, 1.82) is 0 Å². The topological polar surface area (TPSA) is 306 Å². The van der Waals surface area contributed by atoms with E-state index >= 15 is 0 Å². The summed E-state index contributed by atoms with van der Waals surface area (Å²) >= 11 is 0. The van der Waals surface area contributed by atoms with Gasteiger partial charge in [-0.1, -0.05) is 0 Å². The van der Waals surface area contributed by atoms with Crippen molar-refractivity contribution in [3.63, 3.8) is 0 Å². The van der Waals surface area contributed by atoms with Crippen molar-refractivity contribution in [2.24, 2.45) is 0 Å². The number of hydrogen-bond acceptors (Lipinski definition) is 15. The van der Waals surface area contributed by atoms with E-state index in [1.165, 1.54) is 0 Å². The van der Waals surface area contributed by atoms with E-state index in [4.69, 9.17) is 9.47 Å². The molecule has 11 atom stereocenters. The van der Waals surface area contributed by atoms with E-state index in [9.17, 15) is 58.8 Å². The third-order valence-electron chi connectivity index (χ3n) is 5.45. The zero-order chi connectivity index (χ0) is 28.4. The summed E-state index contributed by atoms with van der Waals surface area (Å²) in [4.78, 5) is 55.6. The summed E-state index contributed by atoms with van der Waals surface area (Å²) in [6, 6.07) is -0.763. The molecule has 20 nitrogen and oxygen atoms in total. The number of phosphoric acid groups is 2. The number of carbonyl (C=O) groups excluding carboxylic acids is 1. The number of phosphoric ester groups is 2. The number of aliphatic hydroxyl groups excluding tert-OH is 5. The normalized spacial score (nSPS) is 36.8. The number of aromatic nitrogens is 2. The van der Waals surface area contributed by atoms with Gasteiger partial charge in [0.2, 0.25) is 6.41 Å². The van der Waals surface area contributed by atoms with Gasteiger partial charge in [0.05, 0.1) is 13.2 Å². The highest BCUT2D eigenvalue weighted by Crippen LogP contribution is 2.61. The first-order valence-electron chi connectivity index (χ1n) is 10.5. The van der Waals surface area contributed by atoms with Gasteiger partial charge >= 0.3 is 21.3 Å². The Kier molecular flexibility index (Phi) is 9.77. The number of amides is 1. The zero-order valence-corrected chi connectivity index (χ0v) is 20.7. The number of ether oxygens (including phenoxy) is 2. The predicted molar refractivity (Wildman–Crippen MR) is 116 cm³/mol. The second-order valence-electron chi connectivity index (χ2n) is 8.00. The molecule has 0 bridgehead atoms. The third-order valence-corrected chi connectivity index (χ3v) is 8.05. The van der Waals surface area contributed by atoms with Gasteiger partial charge < -0.3 is 50.1 Å². The standard InChI is InChI=1S/C16H25N3O17P2/c20-3-6-10(23)12(25)9(17-5-21)15(34-6)35-38(30,31)36-37(28,29)32-4-7-11(24)13(26)14(33-7)19-2-1-8(22)18-16(19)27/h1-2,5-7,9-15,20,23-26H,3-4H2,(H,17,21)(H,28,29)(H,30,31)(H,18,22,27)/t6-,7-,9-,10-,11-,12-,13-,14-,15-/m1/s1. The maximum atomic E-state index is 12.4. The molecule has 1 amide bonds. The molecule has 1 aromatic heterocycles. The van der Waals surface area contributed by atoms with Gasteiger partial charge in [-0.15, -0.1) is 0 Å². The fraction of sp³-hybridized carbons (Fsp3) is 0.688. The number of aliphatic hydroxyl groups is 5. The van der Waals surface area contributed by atoms with Crippen LogP contribution in [-0.4, -0.2) is 113 Å². The van der Waals surface area contributed by atoms with Crippen LogP contribution in [-0.2, 0) is 36.8 Å². The van der Waals surface area contributed by atoms with Crippen LogP contribution in [0.15, 0.2) is 21.9 Å². The average Bonchev–Trinajstić information content (AvgIpc) is 3.10. The Hall–Kier alpha value is -1.87. The molecule has 2 fully saturated rings. The lowest BCUT2D eigenvalue weighted by molar-refractivity contribution is -0.247.